The first-order valence-corrected chi connectivity index (χ1v) is 10.2. The van der Waals surface area contributed by atoms with Crippen LogP contribution >= 0.6 is 12.2 Å². The molecule has 0 N–H and O–H groups in total. The second kappa shape index (κ2) is 9.70. The molecular formula is C22H27N3S. The van der Waals surface area contributed by atoms with Crippen LogP contribution in [0.25, 0.3) is 11.4 Å². The Morgan fingerprint density at radius 3 is 2.35 bits per heavy atom. The highest BCUT2D eigenvalue weighted by molar-refractivity contribution is 7.78. The van der Waals surface area contributed by atoms with E-state index in [1.807, 2.05) is 0 Å². The van der Waals surface area contributed by atoms with Gasteiger partial charge in [0.15, 0.2) is 5.82 Å². The SMILES string of the molecule is CCCCCC1CCC(c2ccc(-c3ncc(N=C=S)cn3)cc2)CC1. The first kappa shape index (κ1) is 18.9. The van der Waals surface area contributed by atoms with Crippen molar-refractivity contribution in [3.8, 4) is 11.4 Å². The molecule has 2 aromatic rings. The van der Waals surface area contributed by atoms with E-state index < -0.39 is 0 Å². The Morgan fingerprint density at radius 2 is 1.73 bits per heavy atom. The molecule has 1 aromatic carbocycles. The van der Waals surface area contributed by atoms with Gasteiger partial charge in [-0.1, -0.05) is 56.9 Å². The van der Waals surface area contributed by atoms with Gasteiger partial charge in [-0.2, -0.15) is 4.99 Å². The van der Waals surface area contributed by atoms with Crippen molar-refractivity contribution < 1.29 is 0 Å². The Morgan fingerprint density at radius 1 is 1.04 bits per heavy atom. The molecule has 3 rings (SSSR count). The molecule has 1 heterocycles. The van der Waals surface area contributed by atoms with E-state index in [-0.39, 0.29) is 0 Å². The average Bonchev–Trinajstić information content (AvgIpc) is 2.70. The summed E-state index contributed by atoms with van der Waals surface area (Å²) in [5.41, 5.74) is 3.14. The number of unbranched alkanes of at least 4 members (excludes halogenated alkanes) is 2. The van der Waals surface area contributed by atoms with Gasteiger partial charge in [0.2, 0.25) is 0 Å². The van der Waals surface area contributed by atoms with Crippen LogP contribution < -0.4 is 0 Å². The van der Waals surface area contributed by atoms with Crippen molar-refractivity contribution in [2.75, 3.05) is 0 Å². The lowest BCUT2D eigenvalue weighted by Crippen LogP contribution is -2.13. The van der Waals surface area contributed by atoms with Crippen molar-refractivity contribution in [1.82, 2.24) is 9.97 Å². The van der Waals surface area contributed by atoms with Crippen LogP contribution in [0.4, 0.5) is 5.69 Å². The van der Waals surface area contributed by atoms with Crippen LogP contribution in [0.2, 0.25) is 0 Å². The molecule has 0 amide bonds. The standard InChI is InChI=1S/C22H27N3S/c1-2-3-4-5-17-6-8-18(9-7-17)19-10-12-20(13-11-19)22-23-14-21(15-24-22)25-16-26/h10-15,17-18H,2-9H2,1H3. The zero-order chi connectivity index (χ0) is 18.2. The molecule has 26 heavy (non-hydrogen) atoms. The number of aromatic nitrogens is 2. The van der Waals surface area contributed by atoms with Crippen LogP contribution in [0.1, 0.15) is 69.8 Å². The van der Waals surface area contributed by atoms with E-state index in [1.54, 1.807) is 12.4 Å². The van der Waals surface area contributed by atoms with Crippen LogP contribution in [-0.2, 0) is 0 Å². The highest BCUT2D eigenvalue weighted by Crippen LogP contribution is 2.38. The summed E-state index contributed by atoms with van der Waals surface area (Å²) in [4.78, 5) is 12.6. The van der Waals surface area contributed by atoms with E-state index in [1.165, 1.54) is 56.9 Å². The number of thiocarbonyl (C=S) groups is 1. The lowest BCUT2D eigenvalue weighted by molar-refractivity contribution is 0.303. The summed E-state index contributed by atoms with van der Waals surface area (Å²) in [6, 6.07) is 8.79. The third-order valence-electron chi connectivity index (χ3n) is 5.52. The Balaban J connectivity index is 1.57. The largest absolute Gasteiger partial charge is 0.234 e. The summed E-state index contributed by atoms with van der Waals surface area (Å²) in [6.07, 6.45) is 14.4. The second-order valence-corrected chi connectivity index (χ2v) is 7.49. The Kier molecular flexibility index (Phi) is 7.04. The number of hydrogen-bond donors (Lipinski definition) is 0. The fourth-order valence-corrected chi connectivity index (χ4v) is 4.06. The van der Waals surface area contributed by atoms with Gasteiger partial charge in [-0.25, -0.2) is 9.97 Å². The molecule has 4 heteroatoms. The topological polar surface area (TPSA) is 38.1 Å². The summed E-state index contributed by atoms with van der Waals surface area (Å²) in [7, 11) is 0. The lowest BCUT2D eigenvalue weighted by Gasteiger charge is -2.29. The monoisotopic (exact) mass is 365 g/mol. The van der Waals surface area contributed by atoms with Crippen molar-refractivity contribution in [3.63, 3.8) is 0 Å². The molecule has 1 fully saturated rings. The quantitative estimate of drug-likeness (QED) is 0.310. The van der Waals surface area contributed by atoms with Gasteiger partial charge in [0, 0.05) is 5.56 Å². The zero-order valence-corrected chi connectivity index (χ0v) is 16.3. The van der Waals surface area contributed by atoms with Gasteiger partial charge in [-0.05, 0) is 55.3 Å². The minimum atomic E-state index is 0.635. The van der Waals surface area contributed by atoms with Crippen LogP contribution in [0.3, 0.4) is 0 Å². The number of hydrogen-bond acceptors (Lipinski definition) is 4. The zero-order valence-electron chi connectivity index (χ0n) is 15.5. The molecule has 1 aliphatic carbocycles. The number of rotatable bonds is 7. The normalized spacial score (nSPS) is 19.7. The van der Waals surface area contributed by atoms with Gasteiger partial charge in [0.05, 0.1) is 17.6 Å². The summed E-state index contributed by atoms with van der Waals surface area (Å²) >= 11 is 4.60. The van der Waals surface area contributed by atoms with Gasteiger partial charge in [-0.3, -0.25) is 0 Å². The molecule has 0 spiro atoms. The highest BCUT2D eigenvalue weighted by atomic mass is 32.1. The molecule has 0 atom stereocenters. The van der Waals surface area contributed by atoms with E-state index in [2.05, 4.69) is 63.5 Å². The van der Waals surface area contributed by atoms with Gasteiger partial charge in [0.25, 0.3) is 0 Å². The number of nitrogens with zero attached hydrogens (tertiary/aromatic N) is 3. The molecule has 1 aromatic heterocycles. The summed E-state index contributed by atoms with van der Waals surface area (Å²) in [6.45, 7) is 2.29. The third-order valence-corrected chi connectivity index (χ3v) is 5.61. The Bertz CT molecular complexity index is 725. The predicted octanol–water partition coefficient (Wildman–Crippen LogP) is 6.73. The van der Waals surface area contributed by atoms with E-state index in [0.717, 1.165) is 17.3 Å². The number of aliphatic imine (C=N–C) groups is 1. The molecule has 0 saturated heterocycles. The van der Waals surface area contributed by atoms with E-state index in [0.29, 0.717) is 11.6 Å². The van der Waals surface area contributed by atoms with Crippen LogP contribution in [0, 0.1) is 5.92 Å². The summed E-state index contributed by atoms with van der Waals surface area (Å²) < 4.78 is 0. The molecule has 0 aliphatic heterocycles. The maximum atomic E-state index is 4.60. The maximum Gasteiger partial charge on any atom is 0.159 e. The fourth-order valence-electron chi connectivity index (χ4n) is 3.95. The molecule has 1 aliphatic rings. The van der Waals surface area contributed by atoms with Crippen LogP contribution in [0.5, 0.6) is 0 Å². The fraction of sp³-hybridized carbons (Fsp3) is 0.500. The van der Waals surface area contributed by atoms with Crippen molar-refractivity contribution in [2.45, 2.75) is 64.2 Å². The summed E-state index contributed by atoms with van der Waals surface area (Å²) in [5, 5.41) is 2.33. The van der Waals surface area contributed by atoms with Crippen molar-refractivity contribution >= 4 is 23.1 Å². The molecule has 0 bridgehead atoms. The van der Waals surface area contributed by atoms with E-state index in [4.69, 9.17) is 0 Å². The Labute approximate surface area is 162 Å². The minimum absolute atomic E-state index is 0.635. The molecule has 0 radical (unpaired) electrons. The number of benzene rings is 1. The molecule has 136 valence electrons. The van der Waals surface area contributed by atoms with Gasteiger partial charge in [-0.15, -0.1) is 0 Å². The smallest absolute Gasteiger partial charge is 0.159 e. The van der Waals surface area contributed by atoms with Gasteiger partial charge in [0.1, 0.15) is 5.69 Å². The predicted molar refractivity (Wildman–Crippen MR) is 111 cm³/mol. The first-order chi connectivity index (χ1) is 12.8. The molecular weight excluding hydrogens is 338 g/mol. The lowest BCUT2D eigenvalue weighted by atomic mass is 9.77. The Hall–Kier alpha value is -1.90. The highest BCUT2D eigenvalue weighted by Gasteiger charge is 2.22. The van der Waals surface area contributed by atoms with Gasteiger partial charge >= 0.3 is 0 Å². The maximum absolute atomic E-state index is 4.60. The van der Waals surface area contributed by atoms with E-state index >= 15 is 0 Å². The minimum Gasteiger partial charge on any atom is -0.234 e. The molecule has 0 unspecified atom stereocenters. The number of isothiocyanates is 1. The van der Waals surface area contributed by atoms with Crippen molar-refractivity contribution in [1.29, 1.82) is 0 Å². The first-order valence-electron chi connectivity index (χ1n) is 9.80. The van der Waals surface area contributed by atoms with E-state index in [9.17, 15) is 0 Å². The third kappa shape index (κ3) is 5.06. The van der Waals surface area contributed by atoms with Crippen LogP contribution in [-0.4, -0.2) is 15.1 Å². The summed E-state index contributed by atoms with van der Waals surface area (Å²) in [5.74, 6) is 2.39. The van der Waals surface area contributed by atoms with Crippen LogP contribution in [0.15, 0.2) is 41.7 Å². The van der Waals surface area contributed by atoms with Crippen molar-refractivity contribution in [3.05, 3.63) is 42.2 Å². The second-order valence-electron chi connectivity index (χ2n) is 7.30. The molecule has 3 nitrogen and oxygen atoms in total. The van der Waals surface area contributed by atoms with Crippen molar-refractivity contribution in [2.24, 2.45) is 10.9 Å². The average molecular weight is 366 g/mol. The van der Waals surface area contributed by atoms with Gasteiger partial charge < -0.3 is 0 Å². The molecule has 1 saturated carbocycles.